The highest BCUT2D eigenvalue weighted by molar-refractivity contribution is 8.06. The third-order valence-corrected chi connectivity index (χ3v) is 3.00. The van der Waals surface area contributed by atoms with E-state index in [0.29, 0.717) is 5.76 Å². The van der Waals surface area contributed by atoms with Crippen LogP contribution in [0.3, 0.4) is 0 Å². The molecule has 0 bridgehead atoms. The molecule has 1 aliphatic heterocycles. The van der Waals surface area contributed by atoms with Crippen LogP contribution >= 0.6 is 11.8 Å². The minimum absolute atomic E-state index is 0.336. The molecule has 14 heavy (non-hydrogen) atoms. The molecule has 1 aliphatic rings. The summed E-state index contributed by atoms with van der Waals surface area (Å²) in [7, 11) is 1.92. The molecule has 3 heteroatoms. The standard InChI is InChI=1S/C11H11NOS/c1-12-7-8-14-11(12)10(13)9-5-3-2-4-6-9/h2-8,13H,1H3/b11-10+. The van der Waals surface area contributed by atoms with E-state index in [1.54, 1.807) is 0 Å². The second-order valence-corrected chi connectivity index (χ2v) is 3.93. The van der Waals surface area contributed by atoms with Gasteiger partial charge in [-0.3, -0.25) is 0 Å². The Morgan fingerprint density at radius 2 is 2.00 bits per heavy atom. The number of thioether (sulfide) groups is 1. The SMILES string of the molecule is CN1C=CS/C1=C(/O)c1ccccc1. The first-order chi connectivity index (χ1) is 6.79. The second kappa shape index (κ2) is 3.80. The van der Waals surface area contributed by atoms with Crippen LogP contribution in [-0.4, -0.2) is 17.1 Å². The van der Waals surface area contributed by atoms with Gasteiger partial charge in [0.1, 0.15) is 5.03 Å². The molecular formula is C11H11NOS. The van der Waals surface area contributed by atoms with Crippen molar-refractivity contribution in [3.8, 4) is 0 Å². The molecule has 1 aromatic rings. The van der Waals surface area contributed by atoms with Crippen molar-refractivity contribution in [1.29, 1.82) is 0 Å². The predicted molar refractivity (Wildman–Crippen MR) is 60.5 cm³/mol. The predicted octanol–water partition coefficient (Wildman–Crippen LogP) is 3.02. The first-order valence-corrected chi connectivity index (χ1v) is 5.22. The number of hydrogen-bond acceptors (Lipinski definition) is 3. The van der Waals surface area contributed by atoms with E-state index in [9.17, 15) is 5.11 Å². The number of nitrogens with zero attached hydrogens (tertiary/aromatic N) is 1. The van der Waals surface area contributed by atoms with Crippen LogP contribution in [0.5, 0.6) is 0 Å². The molecule has 72 valence electrons. The summed E-state index contributed by atoms with van der Waals surface area (Å²) in [5.41, 5.74) is 0.852. The Hall–Kier alpha value is -1.35. The first-order valence-electron chi connectivity index (χ1n) is 4.34. The molecule has 2 rings (SSSR count). The van der Waals surface area contributed by atoms with Crippen LogP contribution in [0, 0.1) is 0 Å². The molecule has 1 N–H and O–H groups in total. The van der Waals surface area contributed by atoms with E-state index >= 15 is 0 Å². The number of aliphatic hydroxyl groups excluding tert-OH is 1. The van der Waals surface area contributed by atoms with Crippen molar-refractivity contribution in [2.24, 2.45) is 0 Å². The van der Waals surface area contributed by atoms with Gasteiger partial charge in [-0.15, -0.1) is 0 Å². The summed E-state index contributed by atoms with van der Waals surface area (Å²) in [4.78, 5) is 1.91. The van der Waals surface area contributed by atoms with Crippen molar-refractivity contribution in [1.82, 2.24) is 4.90 Å². The molecule has 0 amide bonds. The third kappa shape index (κ3) is 1.63. The summed E-state index contributed by atoms with van der Waals surface area (Å²) in [5, 5.41) is 12.8. The molecule has 0 saturated carbocycles. The number of benzene rings is 1. The van der Waals surface area contributed by atoms with Crippen LogP contribution in [0.15, 0.2) is 47.0 Å². The molecule has 0 aliphatic carbocycles. The Balaban J connectivity index is 2.36. The lowest BCUT2D eigenvalue weighted by Crippen LogP contribution is -2.05. The molecule has 0 aromatic heterocycles. The molecule has 2 nitrogen and oxygen atoms in total. The van der Waals surface area contributed by atoms with Gasteiger partial charge in [0.15, 0.2) is 5.76 Å². The van der Waals surface area contributed by atoms with Gasteiger partial charge < -0.3 is 10.0 Å². The molecule has 0 saturated heterocycles. The summed E-state index contributed by atoms with van der Waals surface area (Å²) in [6.07, 6.45) is 1.93. The summed E-state index contributed by atoms with van der Waals surface area (Å²) >= 11 is 1.53. The minimum Gasteiger partial charge on any atom is -0.505 e. The Morgan fingerprint density at radius 3 is 2.57 bits per heavy atom. The molecule has 0 spiro atoms. The topological polar surface area (TPSA) is 23.5 Å². The van der Waals surface area contributed by atoms with Crippen molar-refractivity contribution < 1.29 is 5.11 Å². The van der Waals surface area contributed by atoms with Crippen molar-refractivity contribution in [2.45, 2.75) is 0 Å². The highest BCUT2D eigenvalue weighted by atomic mass is 32.2. The van der Waals surface area contributed by atoms with Crippen LogP contribution < -0.4 is 0 Å². The Bertz CT molecular complexity index is 384. The third-order valence-electron chi connectivity index (χ3n) is 2.03. The van der Waals surface area contributed by atoms with Crippen LogP contribution in [0.1, 0.15) is 5.56 Å². The molecule has 0 fully saturated rings. The van der Waals surface area contributed by atoms with Gasteiger partial charge in [0, 0.05) is 18.8 Å². The largest absolute Gasteiger partial charge is 0.505 e. The maximum atomic E-state index is 9.97. The van der Waals surface area contributed by atoms with Gasteiger partial charge in [-0.1, -0.05) is 42.1 Å². The van der Waals surface area contributed by atoms with Crippen molar-refractivity contribution >= 4 is 17.5 Å². The molecular weight excluding hydrogens is 194 g/mol. The normalized spacial score (nSPS) is 18.8. The summed E-state index contributed by atoms with van der Waals surface area (Å²) in [6.45, 7) is 0. The van der Waals surface area contributed by atoms with E-state index in [4.69, 9.17) is 0 Å². The smallest absolute Gasteiger partial charge is 0.153 e. The van der Waals surface area contributed by atoms with E-state index in [-0.39, 0.29) is 0 Å². The Morgan fingerprint density at radius 1 is 1.29 bits per heavy atom. The van der Waals surface area contributed by atoms with Gasteiger partial charge in [-0.2, -0.15) is 0 Å². The van der Waals surface area contributed by atoms with Crippen molar-refractivity contribution in [3.05, 3.63) is 52.5 Å². The molecule has 0 atom stereocenters. The number of rotatable bonds is 1. The number of hydrogen-bond donors (Lipinski definition) is 1. The van der Waals surface area contributed by atoms with Crippen LogP contribution in [0.2, 0.25) is 0 Å². The summed E-state index contributed by atoms with van der Waals surface area (Å²) < 4.78 is 0. The highest BCUT2D eigenvalue weighted by Crippen LogP contribution is 2.32. The Labute approximate surface area is 87.5 Å². The molecule has 1 heterocycles. The van der Waals surface area contributed by atoms with Crippen LogP contribution in [0.25, 0.3) is 5.76 Å². The fraction of sp³-hybridized carbons (Fsp3) is 0.0909. The van der Waals surface area contributed by atoms with Crippen molar-refractivity contribution in [2.75, 3.05) is 7.05 Å². The maximum Gasteiger partial charge on any atom is 0.153 e. The monoisotopic (exact) mass is 205 g/mol. The summed E-state index contributed by atoms with van der Waals surface area (Å²) in [6, 6.07) is 9.56. The van der Waals surface area contributed by atoms with Gasteiger partial charge >= 0.3 is 0 Å². The zero-order valence-electron chi connectivity index (χ0n) is 7.84. The molecule has 0 radical (unpaired) electrons. The summed E-state index contributed by atoms with van der Waals surface area (Å²) in [5.74, 6) is 0.336. The van der Waals surface area contributed by atoms with Gasteiger partial charge in [-0.25, -0.2) is 0 Å². The van der Waals surface area contributed by atoms with Crippen LogP contribution in [0.4, 0.5) is 0 Å². The lowest BCUT2D eigenvalue weighted by molar-refractivity contribution is 0.488. The van der Waals surface area contributed by atoms with E-state index in [0.717, 1.165) is 10.6 Å². The van der Waals surface area contributed by atoms with E-state index in [1.807, 2.05) is 53.9 Å². The molecule has 1 aromatic carbocycles. The first kappa shape index (κ1) is 9.21. The maximum absolute atomic E-state index is 9.97. The van der Waals surface area contributed by atoms with Gasteiger partial charge in [0.05, 0.1) is 0 Å². The van der Waals surface area contributed by atoms with Gasteiger partial charge in [0.2, 0.25) is 0 Å². The fourth-order valence-electron chi connectivity index (χ4n) is 1.28. The lowest BCUT2D eigenvalue weighted by Gasteiger charge is -2.12. The van der Waals surface area contributed by atoms with Crippen molar-refractivity contribution in [3.63, 3.8) is 0 Å². The quantitative estimate of drug-likeness (QED) is 0.713. The van der Waals surface area contributed by atoms with Gasteiger partial charge in [0.25, 0.3) is 0 Å². The average molecular weight is 205 g/mol. The highest BCUT2D eigenvalue weighted by Gasteiger charge is 2.14. The lowest BCUT2D eigenvalue weighted by atomic mass is 10.2. The second-order valence-electron chi connectivity index (χ2n) is 3.03. The Kier molecular flexibility index (Phi) is 2.50. The van der Waals surface area contributed by atoms with Crippen LogP contribution in [-0.2, 0) is 0 Å². The van der Waals surface area contributed by atoms with E-state index < -0.39 is 0 Å². The number of aliphatic hydroxyl groups is 1. The molecule has 0 unspecified atom stereocenters. The zero-order chi connectivity index (χ0) is 9.97. The zero-order valence-corrected chi connectivity index (χ0v) is 8.66. The fourth-order valence-corrected chi connectivity index (χ4v) is 2.11. The van der Waals surface area contributed by atoms with E-state index in [2.05, 4.69) is 0 Å². The van der Waals surface area contributed by atoms with E-state index in [1.165, 1.54) is 11.8 Å². The van der Waals surface area contributed by atoms with Gasteiger partial charge in [-0.05, 0) is 5.41 Å². The average Bonchev–Trinajstić information content (AvgIpc) is 2.65. The minimum atomic E-state index is 0.336.